The zero-order valence-electron chi connectivity index (χ0n) is 34.7. The number of piperidine rings is 2. The van der Waals surface area contributed by atoms with Gasteiger partial charge in [-0.2, -0.15) is 13.2 Å². The molecule has 1 saturated carbocycles. The summed E-state index contributed by atoms with van der Waals surface area (Å²) in [6, 6.07) is 19.0. The van der Waals surface area contributed by atoms with Crippen LogP contribution in [-0.2, 0) is 34.1 Å². The number of benzene rings is 2. The number of ether oxygens (including phenoxy) is 3. The van der Waals surface area contributed by atoms with Crippen LogP contribution in [0.1, 0.15) is 65.7 Å². The van der Waals surface area contributed by atoms with E-state index >= 15 is 0 Å². The number of rotatable bonds is 9. The Morgan fingerprint density at radius 3 is 2.47 bits per heavy atom. The molecule has 64 heavy (non-hydrogen) atoms. The van der Waals surface area contributed by atoms with Crippen molar-refractivity contribution in [3.8, 4) is 34.6 Å². The van der Waals surface area contributed by atoms with E-state index in [1.54, 1.807) is 30.5 Å². The van der Waals surface area contributed by atoms with Crippen LogP contribution in [0.15, 0.2) is 85.3 Å². The van der Waals surface area contributed by atoms with Crippen LogP contribution in [0.5, 0.6) is 11.6 Å². The van der Waals surface area contributed by atoms with E-state index in [-0.39, 0.29) is 67.5 Å². The summed E-state index contributed by atoms with van der Waals surface area (Å²) in [6.45, 7) is 1.01. The van der Waals surface area contributed by atoms with Crippen molar-refractivity contribution in [3.05, 3.63) is 108 Å². The second kappa shape index (κ2) is 16.6. The van der Waals surface area contributed by atoms with Crippen LogP contribution in [-0.4, -0.2) is 86.2 Å². The standard InChI is InChI=1S/C48H42F3N7O6/c1-56-39-12-15-52-26-38(39)37-7-4-29(22-41(37)56)30-5-11-45(53-25-30)64-35-23-34(24-35)63-32-13-16-57(17-14-32)43-20-28(19-42(54-43)48(49,50)51)3-2-18-62-33-6-8-36-31(21-33)27-58(47(36)61)40-9-10-44(59)55-46(40)60/h4-8,11-12,15,19-22,25-26,32,34-35,40H,9-10,13-14,16-18,23-24,27H2,1H3,(H,55,59,60). The highest BCUT2D eigenvalue weighted by atomic mass is 19.4. The molecule has 3 fully saturated rings. The Balaban J connectivity index is 0.700. The number of imide groups is 1. The average Bonchev–Trinajstić information content (AvgIpc) is 3.76. The van der Waals surface area contributed by atoms with Gasteiger partial charge in [-0.25, -0.2) is 9.97 Å². The molecule has 326 valence electrons. The van der Waals surface area contributed by atoms with Crippen molar-refractivity contribution in [3.63, 3.8) is 0 Å². The molecule has 2 aromatic carbocycles. The van der Waals surface area contributed by atoms with E-state index in [9.17, 15) is 27.6 Å². The van der Waals surface area contributed by atoms with E-state index in [4.69, 9.17) is 14.2 Å². The molecule has 1 atom stereocenters. The maximum absolute atomic E-state index is 14.0. The highest BCUT2D eigenvalue weighted by molar-refractivity contribution is 6.08. The molecule has 16 heteroatoms. The highest BCUT2D eigenvalue weighted by Crippen LogP contribution is 2.36. The molecule has 3 aliphatic heterocycles. The van der Waals surface area contributed by atoms with Crippen LogP contribution in [0.25, 0.3) is 32.9 Å². The Kier molecular flexibility index (Phi) is 10.7. The Morgan fingerprint density at radius 1 is 0.859 bits per heavy atom. The lowest BCUT2D eigenvalue weighted by molar-refractivity contribution is -0.141. The molecule has 3 amide bonds. The number of aryl methyl sites for hydroxylation is 1. The highest BCUT2D eigenvalue weighted by Gasteiger charge is 2.40. The summed E-state index contributed by atoms with van der Waals surface area (Å²) in [5.74, 6) is 5.61. The first-order valence-corrected chi connectivity index (χ1v) is 21.3. The number of hydrogen-bond acceptors (Lipinski definition) is 10. The van der Waals surface area contributed by atoms with E-state index in [0.717, 1.165) is 51.8 Å². The molecule has 0 radical (unpaired) electrons. The Labute approximate surface area is 365 Å². The molecule has 0 bridgehead atoms. The van der Waals surface area contributed by atoms with Gasteiger partial charge in [-0.05, 0) is 78.9 Å². The van der Waals surface area contributed by atoms with Crippen molar-refractivity contribution < 1.29 is 41.8 Å². The van der Waals surface area contributed by atoms with E-state index in [1.165, 1.54) is 4.90 Å². The van der Waals surface area contributed by atoms with Gasteiger partial charge in [-0.15, -0.1) is 0 Å². The number of hydrogen-bond donors (Lipinski definition) is 1. The van der Waals surface area contributed by atoms with Crippen LogP contribution in [0.3, 0.4) is 0 Å². The van der Waals surface area contributed by atoms with Gasteiger partial charge in [0, 0.05) is 104 Å². The molecule has 4 aromatic heterocycles. The lowest BCUT2D eigenvalue weighted by Crippen LogP contribution is -2.52. The third kappa shape index (κ3) is 8.19. The van der Waals surface area contributed by atoms with Gasteiger partial charge in [0.15, 0.2) is 0 Å². The molecule has 1 aliphatic carbocycles. The van der Waals surface area contributed by atoms with Gasteiger partial charge < -0.3 is 28.6 Å². The number of fused-ring (bicyclic) bond motifs is 4. The van der Waals surface area contributed by atoms with Gasteiger partial charge in [0.2, 0.25) is 17.7 Å². The largest absolute Gasteiger partial charge is 0.481 e. The number of anilines is 1. The minimum atomic E-state index is -4.67. The fraction of sp³-hybridized carbons (Fsp3) is 0.333. The smallest absolute Gasteiger partial charge is 0.433 e. The van der Waals surface area contributed by atoms with Crippen LogP contribution >= 0.6 is 0 Å². The van der Waals surface area contributed by atoms with Gasteiger partial charge in [-0.3, -0.25) is 24.7 Å². The minimum Gasteiger partial charge on any atom is -0.481 e. The van der Waals surface area contributed by atoms with Crippen LogP contribution in [0, 0.1) is 11.8 Å². The van der Waals surface area contributed by atoms with Crippen molar-refractivity contribution in [1.82, 2.24) is 29.7 Å². The van der Waals surface area contributed by atoms with E-state index in [0.29, 0.717) is 48.7 Å². The number of nitrogens with zero attached hydrogens (tertiary/aromatic N) is 6. The third-order valence-corrected chi connectivity index (χ3v) is 12.5. The third-order valence-electron chi connectivity index (χ3n) is 12.5. The number of alkyl halides is 3. The molecule has 1 unspecified atom stereocenters. The fourth-order valence-electron chi connectivity index (χ4n) is 9.04. The monoisotopic (exact) mass is 869 g/mol. The Morgan fingerprint density at radius 2 is 1.69 bits per heavy atom. The molecule has 6 aromatic rings. The van der Waals surface area contributed by atoms with E-state index in [2.05, 4.69) is 61.9 Å². The predicted octanol–water partition coefficient (Wildman–Crippen LogP) is 6.99. The normalized spacial score (nSPS) is 20.2. The second-order valence-corrected chi connectivity index (χ2v) is 16.6. The Hall–Kier alpha value is -6.99. The molecule has 2 saturated heterocycles. The van der Waals surface area contributed by atoms with E-state index in [1.807, 2.05) is 35.5 Å². The number of carbonyl (C=O) groups excluding carboxylic acids is 3. The fourth-order valence-corrected chi connectivity index (χ4v) is 9.04. The number of nitrogens with one attached hydrogen (secondary N) is 1. The topological polar surface area (TPSA) is 141 Å². The summed E-state index contributed by atoms with van der Waals surface area (Å²) in [5, 5.41) is 4.56. The summed E-state index contributed by atoms with van der Waals surface area (Å²) in [4.78, 5) is 53.1. The van der Waals surface area contributed by atoms with Crippen molar-refractivity contribution >= 4 is 45.3 Å². The summed E-state index contributed by atoms with van der Waals surface area (Å²) in [6.07, 6.45) is 3.98. The first-order valence-electron chi connectivity index (χ1n) is 21.3. The molecule has 7 heterocycles. The zero-order valence-corrected chi connectivity index (χ0v) is 34.7. The molecular weight excluding hydrogens is 828 g/mol. The summed E-state index contributed by atoms with van der Waals surface area (Å²) >= 11 is 0. The maximum Gasteiger partial charge on any atom is 0.433 e. The molecule has 13 nitrogen and oxygen atoms in total. The zero-order chi connectivity index (χ0) is 44.1. The number of aromatic nitrogens is 4. The van der Waals surface area contributed by atoms with Gasteiger partial charge in [-0.1, -0.05) is 24.0 Å². The lowest BCUT2D eigenvalue weighted by atomic mass is 9.91. The average molecular weight is 870 g/mol. The van der Waals surface area contributed by atoms with Crippen LogP contribution in [0.4, 0.5) is 19.0 Å². The molecule has 0 spiro atoms. The molecule has 4 aliphatic rings. The first kappa shape index (κ1) is 41.0. The van der Waals surface area contributed by atoms with Crippen LogP contribution in [0.2, 0.25) is 0 Å². The number of pyridine rings is 3. The van der Waals surface area contributed by atoms with Crippen molar-refractivity contribution in [2.45, 2.75) is 75.6 Å². The number of amides is 3. The number of halogens is 3. The van der Waals surface area contributed by atoms with Crippen molar-refractivity contribution in [2.75, 3.05) is 24.6 Å². The second-order valence-electron chi connectivity index (χ2n) is 16.6. The summed E-state index contributed by atoms with van der Waals surface area (Å²) < 4.78 is 62.5. The minimum absolute atomic E-state index is 0.0136. The quantitative estimate of drug-likeness (QED) is 0.120. The number of carbonyl (C=O) groups is 3. The predicted molar refractivity (Wildman–Crippen MR) is 229 cm³/mol. The van der Waals surface area contributed by atoms with Gasteiger partial charge >= 0.3 is 6.18 Å². The molecule has 1 N–H and O–H groups in total. The summed E-state index contributed by atoms with van der Waals surface area (Å²) in [7, 11) is 2.06. The first-order chi connectivity index (χ1) is 30.9. The van der Waals surface area contributed by atoms with E-state index < -0.39 is 23.8 Å². The maximum atomic E-state index is 14.0. The lowest BCUT2D eigenvalue weighted by Gasteiger charge is -2.40. The van der Waals surface area contributed by atoms with Gasteiger partial charge in [0.25, 0.3) is 5.91 Å². The van der Waals surface area contributed by atoms with Gasteiger partial charge in [0.1, 0.15) is 36.0 Å². The van der Waals surface area contributed by atoms with Gasteiger partial charge in [0.05, 0.1) is 17.7 Å². The van der Waals surface area contributed by atoms with Crippen LogP contribution < -0.4 is 19.7 Å². The van der Waals surface area contributed by atoms with Crippen molar-refractivity contribution in [1.29, 1.82) is 0 Å². The Bertz CT molecular complexity index is 2880. The van der Waals surface area contributed by atoms with Crippen molar-refractivity contribution in [2.24, 2.45) is 7.05 Å². The molecular formula is C48H42F3N7O6. The molecule has 10 rings (SSSR count). The summed E-state index contributed by atoms with van der Waals surface area (Å²) in [5.41, 5.74) is 4.53. The SMILES string of the molecule is Cn1c2ccncc2c2ccc(-c3ccc(OC4CC(OC5CCN(c6cc(C#CCOc7ccc8c(c7)CN(C7CCC(=O)NC7=O)C8=O)cc(C(F)(F)F)n6)CC5)C4)nc3)cc21.